The number of hydrogen-bond acceptors (Lipinski definition) is 3. The summed E-state index contributed by atoms with van der Waals surface area (Å²) in [5, 5.41) is 14.8. The molecule has 20 heavy (non-hydrogen) atoms. The fourth-order valence-corrected chi connectivity index (χ4v) is 2.39. The Balaban J connectivity index is 2.40. The van der Waals surface area contributed by atoms with Crippen molar-refractivity contribution >= 4 is 11.9 Å². The Labute approximate surface area is 120 Å². The molecule has 112 valence electrons. The van der Waals surface area contributed by atoms with E-state index >= 15 is 0 Å². The van der Waals surface area contributed by atoms with Crippen LogP contribution in [0.2, 0.25) is 0 Å². The van der Waals surface area contributed by atoms with Crippen molar-refractivity contribution in [1.29, 1.82) is 5.26 Å². The lowest BCUT2D eigenvalue weighted by Gasteiger charge is -2.23. The average molecular weight is 280 g/mol. The minimum absolute atomic E-state index is 0.191. The van der Waals surface area contributed by atoms with Crippen LogP contribution in [0.4, 0.5) is 4.79 Å². The normalized spacial score (nSPS) is 17.4. The maximum absolute atomic E-state index is 12.2. The van der Waals surface area contributed by atoms with Gasteiger partial charge in [-0.25, -0.2) is 4.79 Å². The number of amides is 3. The largest absolute Gasteiger partial charge is 0.353 e. The molecular formula is C14H24N4O2. The molecule has 0 aromatic carbocycles. The number of rotatable bonds is 4. The van der Waals surface area contributed by atoms with Crippen LogP contribution in [-0.4, -0.2) is 44.0 Å². The lowest BCUT2D eigenvalue weighted by molar-refractivity contribution is -0.128. The third kappa shape index (κ3) is 4.41. The van der Waals surface area contributed by atoms with Crippen molar-refractivity contribution in [2.75, 3.05) is 27.2 Å². The molecule has 0 unspecified atom stereocenters. The molecule has 1 fully saturated rings. The van der Waals surface area contributed by atoms with Gasteiger partial charge in [-0.2, -0.15) is 5.26 Å². The fourth-order valence-electron chi connectivity index (χ4n) is 2.39. The van der Waals surface area contributed by atoms with Gasteiger partial charge >= 0.3 is 6.03 Å². The van der Waals surface area contributed by atoms with Gasteiger partial charge in [-0.15, -0.1) is 0 Å². The molecule has 1 saturated carbocycles. The molecule has 0 spiro atoms. The number of urea groups is 1. The molecular weight excluding hydrogens is 256 g/mol. The summed E-state index contributed by atoms with van der Waals surface area (Å²) in [6.07, 6.45) is 5.32. The predicted molar refractivity (Wildman–Crippen MR) is 75.8 cm³/mol. The number of nitriles is 1. The summed E-state index contributed by atoms with van der Waals surface area (Å²) < 4.78 is 0. The van der Waals surface area contributed by atoms with Crippen molar-refractivity contribution in [3.63, 3.8) is 0 Å². The van der Waals surface area contributed by atoms with Crippen LogP contribution in [0, 0.1) is 16.7 Å². The van der Waals surface area contributed by atoms with Crippen LogP contribution in [0.1, 0.15) is 38.5 Å². The van der Waals surface area contributed by atoms with Gasteiger partial charge in [-0.05, 0) is 12.8 Å². The number of carbonyl (C=O) groups excluding carboxylic acids is 2. The molecule has 0 radical (unpaired) electrons. The summed E-state index contributed by atoms with van der Waals surface area (Å²) in [7, 11) is 3.31. The Morgan fingerprint density at radius 2 is 1.65 bits per heavy atom. The van der Waals surface area contributed by atoms with E-state index in [1.165, 1.54) is 4.90 Å². The monoisotopic (exact) mass is 280 g/mol. The number of hydrogen-bond donors (Lipinski definition) is 2. The molecule has 0 aromatic rings. The van der Waals surface area contributed by atoms with E-state index in [9.17, 15) is 14.9 Å². The Hall–Kier alpha value is -1.77. The Morgan fingerprint density at radius 1 is 1.10 bits per heavy atom. The van der Waals surface area contributed by atoms with Gasteiger partial charge in [0.1, 0.15) is 5.41 Å². The van der Waals surface area contributed by atoms with Gasteiger partial charge in [-0.3, -0.25) is 4.79 Å². The molecule has 1 aliphatic rings. The van der Waals surface area contributed by atoms with E-state index in [1.54, 1.807) is 14.1 Å². The molecule has 0 atom stereocenters. The quantitative estimate of drug-likeness (QED) is 0.600. The van der Waals surface area contributed by atoms with Crippen molar-refractivity contribution in [2.45, 2.75) is 38.5 Å². The van der Waals surface area contributed by atoms with Crippen LogP contribution in [0.5, 0.6) is 0 Å². The van der Waals surface area contributed by atoms with E-state index in [0.717, 1.165) is 25.7 Å². The molecule has 6 heteroatoms. The molecule has 1 rings (SSSR count). The van der Waals surface area contributed by atoms with Crippen molar-refractivity contribution < 1.29 is 9.59 Å². The zero-order valence-corrected chi connectivity index (χ0v) is 12.4. The van der Waals surface area contributed by atoms with Gasteiger partial charge in [-0.1, -0.05) is 25.7 Å². The summed E-state index contributed by atoms with van der Waals surface area (Å²) in [6, 6.07) is 2.03. The number of nitrogens with one attached hydrogen (secondary N) is 2. The summed E-state index contributed by atoms with van der Waals surface area (Å²) in [5.41, 5.74) is -0.873. The van der Waals surface area contributed by atoms with Crippen molar-refractivity contribution in [2.24, 2.45) is 5.41 Å². The van der Waals surface area contributed by atoms with E-state index in [0.29, 0.717) is 25.9 Å². The van der Waals surface area contributed by atoms with Crippen LogP contribution in [-0.2, 0) is 4.79 Å². The first kappa shape index (κ1) is 16.3. The molecule has 0 heterocycles. The second-order valence-electron chi connectivity index (χ2n) is 5.49. The second kappa shape index (κ2) is 7.73. The number of nitrogens with zero attached hydrogens (tertiary/aromatic N) is 2. The van der Waals surface area contributed by atoms with Gasteiger partial charge in [0.15, 0.2) is 0 Å². The van der Waals surface area contributed by atoms with E-state index in [-0.39, 0.29) is 11.9 Å². The number of carbonyl (C=O) groups is 2. The molecule has 0 aliphatic heterocycles. The van der Waals surface area contributed by atoms with Gasteiger partial charge in [0, 0.05) is 27.2 Å². The summed E-state index contributed by atoms with van der Waals surface area (Å²) in [5.74, 6) is -0.194. The highest BCUT2D eigenvalue weighted by molar-refractivity contribution is 5.85. The van der Waals surface area contributed by atoms with Gasteiger partial charge in [0.2, 0.25) is 5.91 Å². The van der Waals surface area contributed by atoms with E-state index in [1.807, 2.05) is 0 Å². The zero-order valence-electron chi connectivity index (χ0n) is 12.4. The van der Waals surface area contributed by atoms with Crippen molar-refractivity contribution in [1.82, 2.24) is 15.5 Å². The van der Waals surface area contributed by atoms with Gasteiger partial charge < -0.3 is 15.5 Å². The first-order valence-corrected chi connectivity index (χ1v) is 7.16. The lowest BCUT2D eigenvalue weighted by atomic mass is 9.81. The second-order valence-corrected chi connectivity index (χ2v) is 5.49. The molecule has 0 aromatic heterocycles. The Morgan fingerprint density at radius 3 is 2.15 bits per heavy atom. The maximum Gasteiger partial charge on any atom is 0.316 e. The molecule has 2 N–H and O–H groups in total. The summed E-state index contributed by atoms with van der Waals surface area (Å²) in [4.78, 5) is 25.0. The highest BCUT2D eigenvalue weighted by Crippen LogP contribution is 2.34. The summed E-state index contributed by atoms with van der Waals surface area (Å²) in [6.45, 7) is 0.714. The molecule has 6 nitrogen and oxygen atoms in total. The third-order valence-electron chi connectivity index (χ3n) is 3.70. The highest BCUT2D eigenvalue weighted by atomic mass is 16.2. The standard InChI is InChI=1S/C14H24N4O2/c1-18(2)13(20)17-10-9-16-12(19)14(11-15)7-5-3-4-6-8-14/h3-10H2,1-2H3,(H,16,19)(H,17,20). The Kier molecular flexibility index (Phi) is 6.29. The van der Waals surface area contributed by atoms with E-state index < -0.39 is 5.41 Å². The van der Waals surface area contributed by atoms with Crippen LogP contribution >= 0.6 is 0 Å². The minimum atomic E-state index is -0.873. The zero-order chi connectivity index (χ0) is 15.0. The third-order valence-corrected chi connectivity index (χ3v) is 3.70. The van der Waals surface area contributed by atoms with E-state index in [2.05, 4.69) is 16.7 Å². The first-order chi connectivity index (χ1) is 9.52. The summed E-state index contributed by atoms with van der Waals surface area (Å²) >= 11 is 0. The van der Waals surface area contributed by atoms with Crippen LogP contribution in [0.25, 0.3) is 0 Å². The van der Waals surface area contributed by atoms with Crippen LogP contribution in [0.15, 0.2) is 0 Å². The van der Waals surface area contributed by atoms with Crippen molar-refractivity contribution in [3.05, 3.63) is 0 Å². The Bertz CT molecular complexity index is 379. The van der Waals surface area contributed by atoms with Crippen molar-refractivity contribution in [3.8, 4) is 6.07 Å². The van der Waals surface area contributed by atoms with Crippen LogP contribution in [0.3, 0.4) is 0 Å². The molecule has 0 bridgehead atoms. The van der Waals surface area contributed by atoms with Crippen LogP contribution < -0.4 is 10.6 Å². The molecule has 3 amide bonds. The van der Waals surface area contributed by atoms with Gasteiger partial charge in [0.05, 0.1) is 6.07 Å². The topological polar surface area (TPSA) is 85.2 Å². The highest BCUT2D eigenvalue weighted by Gasteiger charge is 2.38. The van der Waals surface area contributed by atoms with E-state index in [4.69, 9.17) is 0 Å². The average Bonchev–Trinajstić information content (AvgIpc) is 2.69. The minimum Gasteiger partial charge on any atom is -0.353 e. The molecule has 0 saturated heterocycles. The first-order valence-electron chi connectivity index (χ1n) is 7.16. The fraction of sp³-hybridized carbons (Fsp3) is 0.786. The maximum atomic E-state index is 12.2. The smallest absolute Gasteiger partial charge is 0.316 e. The lowest BCUT2D eigenvalue weighted by Crippen LogP contribution is -2.44. The SMILES string of the molecule is CN(C)C(=O)NCCNC(=O)C1(C#N)CCCCCC1. The van der Waals surface area contributed by atoms with Gasteiger partial charge in [0.25, 0.3) is 0 Å². The predicted octanol–water partition coefficient (Wildman–Crippen LogP) is 1.24. The molecule has 1 aliphatic carbocycles.